The van der Waals surface area contributed by atoms with Gasteiger partial charge in [-0.3, -0.25) is 9.59 Å². The summed E-state index contributed by atoms with van der Waals surface area (Å²) < 4.78 is 13.8. The zero-order valence-electron chi connectivity index (χ0n) is 25.4. The molecule has 1 fully saturated rings. The molecule has 3 aromatic carbocycles. The van der Waals surface area contributed by atoms with Gasteiger partial charge in [-0.1, -0.05) is 24.3 Å². The predicted molar refractivity (Wildman–Crippen MR) is 187 cm³/mol. The van der Waals surface area contributed by atoms with Gasteiger partial charge in [0.25, 0.3) is 11.5 Å². The van der Waals surface area contributed by atoms with Gasteiger partial charge in [0.05, 0.1) is 17.9 Å². The van der Waals surface area contributed by atoms with E-state index in [1.54, 1.807) is 17.8 Å². The maximum absolute atomic E-state index is 13.4. The van der Waals surface area contributed by atoms with E-state index >= 15 is 0 Å². The Kier molecular flexibility index (Phi) is 8.59. The summed E-state index contributed by atoms with van der Waals surface area (Å²) in [5.41, 5.74) is 4.23. The number of thiocarbonyl (C=S) groups is 1. The second-order valence-electron chi connectivity index (χ2n) is 11.9. The van der Waals surface area contributed by atoms with Crippen molar-refractivity contribution >= 4 is 52.1 Å². The van der Waals surface area contributed by atoms with E-state index < -0.39 is 0 Å². The number of rotatable bonds is 7. The number of carbonyl (C=O) groups is 1. The average molecular weight is 654 g/mol. The van der Waals surface area contributed by atoms with Crippen LogP contribution in [0.5, 0.6) is 11.5 Å². The molecule has 1 amide bonds. The first-order chi connectivity index (χ1) is 22.4. The molecular weight excluding hydrogens is 619 g/mol. The van der Waals surface area contributed by atoms with E-state index in [4.69, 9.17) is 21.7 Å². The minimum atomic E-state index is -0.298. The SMILES string of the molecule is CSc1cccc(NC(=S)Nc2cc(C(=O)NC[C@H]3COc4ccccc4O3)ccc2N2C[C@H]3C[C@@H](C2)c2cccc(=O)n2C3)c1. The van der Waals surface area contributed by atoms with E-state index in [9.17, 15) is 9.59 Å². The Bertz CT molecular complexity index is 1850. The van der Waals surface area contributed by atoms with Crippen LogP contribution in [0.1, 0.15) is 28.4 Å². The summed E-state index contributed by atoms with van der Waals surface area (Å²) in [5.74, 6) is 1.74. The van der Waals surface area contributed by atoms with Gasteiger partial charge in [0.15, 0.2) is 16.6 Å². The molecule has 11 heteroatoms. The van der Waals surface area contributed by atoms with E-state index in [0.717, 1.165) is 47.2 Å². The van der Waals surface area contributed by atoms with Crippen molar-refractivity contribution in [3.63, 3.8) is 0 Å². The molecule has 3 aliphatic rings. The van der Waals surface area contributed by atoms with E-state index in [0.29, 0.717) is 47.8 Å². The quantitative estimate of drug-likeness (QED) is 0.175. The van der Waals surface area contributed by atoms with Crippen molar-refractivity contribution in [3.05, 3.63) is 107 Å². The minimum absolute atomic E-state index is 0.0646. The Morgan fingerprint density at radius 3 is 2.67 bits per heavy atom. The van der Waals surface area contributed by atoms with Crippen LogP contribution in [0.25, 0.3) is 0 Å². The predicted octanol–water partition coefficient (Wildman–Crippen LogP) is 5.57. The second kappa shape index (κ2) is 13.1. The fourth-order valence-corrected chi connectivity index (χ4v) is 7.29. The Balaban J connectivity index is 1.11. The first kappa shape index (κ1) is 30.2. The number of amides is 1. The van der Waals surface area contributed by atoms with Crippen LogP contribution in [-0.2, 0) is 6.54 Å². The van der Waals surface area contributed by atoms with Gasteiger partial charge in [0.1, 0.15) is 12.7 Å². The third kappa shape index (κ3) is 6.43. The number of piperidine rings is 1. The van der Waals surface area contributed by atoms with Crippen LogP contribution >= 0.6 is 24.0 Å². The molecule has 0 radical (unpaired) electrons. The summed E-state index contributed by atoms with van der Waals surface area (Å²) in [7, 11) is 0. The first-order valence-corrected chi connectivity index (χ1v) is 17.0. The number of carbonyl (C=O) groups excluding carboxylic acids is 1. The van der Waals surface area contributed by atoms with Gasteiger partial charge >= 0.3 is 0 Å². The summed E-state index contributed by atoms with van der Waals surface area (Å²) in [6, 6.07) is 26.8. The number of para-hydroxylation sites is 2. The highest BCUT2D eigenvalue weighted by atomic mass is 32.2. The minimum Gasteiger partial charge on any atom is -0.486 e. The van der Waals surface area contributed by atoms with Crippen LogP contribution in [0.15, 0.2) is 94.6 Å². The summed E-state index contributed by atoms with van der Waals surface area (Å²) in [4.78, 5) is 29.5. The number of pyridine rings is 1. The van der Waals surface area contributed by atoms with Gasteiger partial charge < -0.3 is 34.9 Å². The standard InChI is InChI=1S/C35H35N5O4S2/c1-46-27-7-4-6-25(16-27)37-35(45)38-28-15-23(34(42)36-17-26-21-43-31-9-2-3-10-32(31)44-26)12-13-30(28)39-18-22-14-24(20-39)29-8-5-11-33(41)40(29)19-22/h2-13,15-16,22,24,26H,14,17-21H2,1H3,(H,36,42)(H2,37,38,45)/t22-,24+,26+/m1/s1. The summed E-state index contributed by atoms with van der Waals surface area (Å²) >= 11 is 7.43. The molecule has 4 aromatic rings. The van der Waals surface area contributed by atoms with Gasteiger partial charge in [-0.05, 0) is 85.4 Å². The van der Waals surface area contributed by atoms with Crippen LogP contribution in [0.4, 0.5) is 17.1 Å². The molecule has 0 saturated carbocycles. The number of hydrogen-bond donors (Lipinski definition) is 3. The molecule has 3 N–H and O–H groups in total. The van der Waals surface area contributed by atoms with Crippen molar-refractivity contribution < 1.29 is 14.3 Å². The molecule has 4 heterocycles. The van der Waals surface area contributed by atoms with Crippen molar-refractivity contribution in [1.29, 1.82) is 0 Å². The highest BCUT2D eigenvalue weighted by molar-refractivity contribution is 7.98. The molecule has 46 heavy (non-hydrogen) atoms. The normalized spacial score (nSPS) is 19.5. The second-order valence-corrected chi connectivity index (χ2v) is 13.1. The van der Waals surface area contributed by atoms with Crippen molar-refractivity contribution in [2.75, 3.05) is 48.0 Å². The van der Waals surface area contributed by atoms with E-state index in [1.165, 1.54) is 0 Å². The van der Waals surface area contributed by atoms with Crippen LogP contribution < -0.4 is 35.9 Å². The molecule has 7 rings (SSSR count). The van der Waals surface area contributed by atoms with Gasteiger partial charge in [-0.2, -0.15) is 0 Å². The topological polar surface area (TPSA) is 96.9 Å². The number of thioether (sulfide) groups is 1. The molecule has 1 aromatic heterocycles. The summed E-state index contributed by atoms with van der Waals surface area (Å²) in [5, 5.41) is 10.1. The number of ether oxygens (including phenoxy) is 2. The molecule has 0 spiro atoms. The lowest BCUT2D eigenvalue weighted by molar-refractivity contribution is 0.0789. The van der Waals surface area contributed by atoms with Crippen LogP contribution in [0.3, 0.4) is 0 Å². The van der Waals surface area contributed by atoms with Crippen LogP contribution in [0, 0.1) is 5.92 Å². The van der Waals surface area contributed by atoms with Crippen molar-refractivity contribution in [2.45, 2.75) is 29.9 Å². The molecule has 3 atom stereocenters. The highest BCUT2D eigenvalue weighted by Crippen LogP contribution is 2.39. The number of aromatic nitrogens is 1. The Morgan fingerprint density at radius 2 is 1.80 bits per heavy atom. The first-order valence-electron chi connectivity index (χ1n) is 15.4. The van der Waals surface area contributed by atoms with E-state index in [1.807, 2.05) is 77.6 Å². The monoisotopic (exact) mass is 653 g/mol. The fourth-order valence-electron chi connectivity index (χ4n) is 6.60. The van der Waals surface area contributed by atoms with Gasteiger partial charge in [0.2, 0.25) is 0 Å². The molecule has 0 aliphatic carbocycles. The third-order valence-electron chi connectivity index (χ3n) is 8.71. The lowest BCUT2D eigenvalue weighted by Crippen LogP contribution is -2.47. The zero-order chi connectivity index (χ0) is 31.6. The third-order valence-corrected chi connectivity index (χ3v) is 9.64. The molecule has 9 nitrogen and oxygen atoms in total. The number of benzene rings is 3. The molecular formula is C35H35N5O4S2. The van der Waals surface area contributed by atoms with Gasteiger partial charge in [0, 0.05) is 53.5 Å². The number of hydrogen-bond acceptors (Lipinski definition) is 7. The molecule has 236 valence electrons. The van der Waals surface area contributed by atoms with Crippen molar-refractivity contribution in [2.24, 2.45) is 5.92 Å². The smallest absolute Gasteiger partial charge is 0.251 e. The number of nitrogens with one attached hydrogen (secondary N) is 3. The highest BCUT2D eigenvalue weighted by Gasteiger charge is 2.35. The lowest BCUT2D eigenvalue weighted by atomic mass is 9.83. The molecule has 2 bridgehead atoms. The Hall–Kier alpha value is -4.48. The molecule has 1 saturated heterocycles. The maximum atomic E-state index is 13.4. The lowest BCUT2D eigenvalue weighted by Gasteiger charge is -2.44. The van der Waals surface area contributed by atoms with Gasteiger partial charge in [-0.25, -0.2) is 0 Å². The van der Waals surface area contributed by atoms with Crippen LogP contribution in [0.2, 0.25) is 0 Å². The Labute approximate surface area is 277 Å². The number of anilines is 3. The summed E-state index contributed by atoms with van der Waals surface area (Å²) in [6.45, 7) is 2.92. The molecule has 3 aliphatic heterocycles. The fraction of sp³-hybridized carbons (Fsp3) is 0.286. The average Bonchev–Trinajstić information content (AvgIpc) is 3.07. The summed E-state index contributed by atoms with van der Waals surface area (Å²) in [6.07, 6.45) is 2.78. The van der Waals surface area contributed by atoms with E-state index in [-0.39, 0.29) is 23.5 Å². The number of nitrogens with zero attached hydrogens (tertiary/aromatic N) is 2. The van der Waals surface area contributed by atoms with Crippen LogP contribution in [-0.4, -0.2) is 54.2 Å². The Morgan fingerprint density at radius 1 is 0.957 bits per heavy atom. The van der Waals surface area contributed by atoms with Crippen molar-refractivity contribution in [1.82, 2.24) is 9.88 Å². The maximum Gasteiger partial charge on any atom is 0.251 e. The van der Waals surface area contributed by atoms with Gasteiger partial charge in [-0.15, -0.1) is 11.8 Å². The zero-order valence-corrected chi connectivity index (χ0v) is 27.0. The van der Waals surface area contributed by atoms with E-state index in [2.05, 4.69) is 33.0 Å². The molecule has 0 unspecified atom stereocenters. The number of fused-ring (bicyclic) bond motifs is 5. The van der Waals surface area contributed by atoms with Crippen molar-refractivity contribution in [3.8, 4) is 11.5 Å². The largest absolute Gasteiger partial charge is 0.486 e.